The van der Waals surface area contributed by atoms with Crippen molar-refractivity contribution in [2.75, 3.05) is 6.54 Å². The van der Waals surface area contributed by atoms with E-state index in [1.165, 1.54) is 25.8 Å². The van der Waals surface area contributed by atoms with E-state index in [0.717, 1.165) is 17.9 Å². The van der Waals surface area contributed by atoms with Crippen molar-refractivity contribution in [2.45, 2.75) is 32.2 Å². The van der Waals surface area contributed by atoms with Crippen molar-refractivity contribution in [2.24, 2.45) is 11.8 Å². The van der Waals surface area contributed by atoms with Gasteiger partial charge >= 0.3 is 0 Å². The highest BCUT2D eigenvalue weighted by atomic mass is 15.0. The Morgan fingerprint density at radius 2 is 2.33 bits per heavy atom. The standard InChI is InChI=1S/C8H15N/c1-2-6-3-8-4-7(6)5-9-8/h6-9H,2-5H2,1H3/t6?,7-,8+/m0/s1. The van der Waals surface area contributed by atoms with Crippen molar-refractivity contribution in [1.29, 1.82) is 0 Å². The van der Waals surface area contributed by atoms with E-state index in [1.54, 1.807) is 0 Å². The van der Waals surface area contributed by atoms with Crippen molar-refractivity contribution in [3.05, 3.63) is 0 Å². The quantitative estimate of drug-likeness (QED) is 0.558. The third kappa shape index (κ3) is 0.787. The second-order valence-corrected chi connectivity index (χ2v) is 3.50. The van der Waals surface area contributed by atoms with Crippen molar-refractivity contribution in [1.82, 2.24) is 5.32 Å². The van der Waals surface area contributed by atoms with Gasteiger partial charge in [0, 0.05) is 6.04 Å². The van der Waals surface area contributed by atoms with Gasteiger partial charge in [0.25, 0.3) is 0 Å². The topological polar surface area (TPSA) is 12.0 Å². The summed E-state index contributed by atoms with van der Waals surface area (Å²) in [5, 5.41) is 3.52. The number of piperidine rings is 1. The maximum atomic E-state index is 3.52. The van der Waals surface area contributed by atoms with E-state index in [1.807, 2.05) is 0 Å². The summed E-state index contributed by atoms with van der Waals surface area (Å²) < 4.78 is 0. The van der Waals surface area contributed by atoms with Crippen LogP contribution in [0.3, 0.4) is 0 Å². The van der Waals surface area contributed by atoms with Gasteiger partial charge in [0.15, 0.2) is 0 Å². The van der Waals surface area contributed by atoms with Gasteiger partial charge in [-0.15, -0.1) is 0 Å². The molecule has 9 heavy (non-hydrogen) atoms. The lowest BCUT2D eigenvalue weighted by atomic mass is 9.93. The van der Waals surface area contributed by atoms with Crippen molar-refractivity contribution in [3.8, 4) is 0 Å². The van der Waals surface area contributed by atoms with Crippen LogP contribution in [-0.4, -0.2) is 12.6 Å². The molecule has 3 atom stereocenters. The summed E-state index contributed by atoms with van der Waals surface area (Å²) >= 11 is 0. The first-order valence-corrected chi connectivity index (χ1v) is 4.13. The molecule has 0 amide bonds. The molecule has 0 radical (unpaired) electrons. The third-order valence-electron chi connectivity index (χ3n) is 3.03. The second-order valence-electron chi connectivity index (χ2n) is 3.50. The molecule has 1 nitrogen and oxygen atoms in total. The zero-order chi connectivity index (χ0) is 6.27. The monoisotopic (exact) mass is 125 g/mol. The largest absolute Gasteiger partial charge is 0.314 e. The Bertz CT molecular complexity index is 111. The lowest BCUT2D eigenvalue weighted by Crippen LogP contribution is -2.29. The molecular formula is C8H15N. The van der Waals surface area contributed by atoms with Crippen molar-refractivity contribution < 1.29 is 0 Å². The summed E-state index contributed by atoms with van der Waals surface area (Å²) in [6, 6.07) is 0.903. The van der Waals surface area contributed by atoms with Gasteiger partial charge in [-0.2, -0.15) is 0 Å². The minimum Gasteiger partial charge on any atom is -0.314 e. The van der Waals surface area contributed by atoms with Crippen LogP contribution in [0.15, 0.2) is 0 Å². The van der Waals surface area contributed by atoms with E-state index in [0.29, 0.717) is 0 Å². The minimum absolute atomic E-state index is 0.903. The molecule has 52 valence electrons. The molecule has 2 fully saturated rings. The van der Waals surface area contributed by atoms with Gasteiger partial charge < -0.3 is 5.32 Å². The number of nitrogens with one attached hydrogen (secondary N) is 1. The second kappa shape index (κ2) is 1.98. The maximum absolute atomic E-state index is 3.52. The SMILES string of the molecule is CCC1C[C@@H]2C[C@H]1CN2. The molecule has 2 rings (SSSR count). The molecule has 1 saturated carbocycles. The Morgan fingerprint density at radius 3 is 2.67 bits per heavy atom. The number of rotatable bonds is 1. The fourth-order valence-electron chi connectivity index (χ4n) is 2.45. The summed E-state index contributed by atoms with van der Waals surface area (Å²) in [6.07, 6.45) is 4.34. The molecule has 0 aromatic heterocycles. The van der Waals surface area contributed by atoms with Crippen LogP contribution in [0.2, 0.25) is 0 Å². The minimum atomic E-state index is 0.903. The summed E-state index contributed by atoms with van der Waals surface area (Å²) in [6.45, 7) is 3.63. The first-order valence-electron chi connectivity index (χ1n) is 4.13. The predicted molar refractivity (Wildman–Crippen MR) is 38.3 cm³/mol. The molecular weight excluding hydrogens is 110 g/mol. The zero-order valence-electron chi connectivity index (χ0n) is 6.06. The first kappa shape index (κ1) is 5.72. The van der Waals surface area contributed by atoms with E-state index < -0.39 is 0 Å². The van der Waals surface area contributed by atoms with E-state index in [9.17, 15) is 0 Å². The molecule has 1 aliphatic carbocycles. The fourth-order valence-corrected chi connectivity index (χ4v) is 2.45. The molecule has 1 N–H and O–H groups in total. The summed E-state index contributed by atoms with van der Waals surface area (Å²) in [5.41, 5.74) is 0. The first-order chi connectivity index (χ1) is 4.40. The molecule has 2 aliphatic rings. The molecule has 1 heterocycles. The molecule has 1 saturated heterocycles. The molecule has 1 aliphatic heterocycles. The Balaban J connectivity index is 2.01. The van der Waals surface area contributed by atoms with Crippen LogP contribution >= 0.6 is 0 Å². The Kier molecular flexibility index (Phi) is 1.26. The normalized spacial score (nSPS) is 48.3. The Hall–Kier alpha value is -0.0400. The molecule has 2 bridgehead atoms. The van der Waals surface area contributed by atoms with E-state index in [-0.39, 0.29) is 0 Å². The van der Waals surface area contributed by atoms with E-state index >= 15 is 0 Å². The van der Waals surface area contributed by atoms with Crippen LogP contribution < -0.4 is 5.32 Å². The van der Waals surface area contributed by atoms with Gasteiger partial charge in [-0.05, 0) is 31.2 Å². The summed E-state index contributed by atoms with van der Waals surface area (Å²) in [5.74, 6) is 2.11. The molecule has 0 spiro atoms. The van der Waals surface area contributed by atoms with E-state index in [2.05, 4.69) is 12.2 Å². The lowest BCUT2D eigenvalue weighted by Gasteiger charge is -2.20. The van der Waals surface area contributed by atoms with Crippen LogP contribution in [-0.2, 0) is 0 Å². The molecule has 0 aromatic carbocycles. The fraction of sp³-hybridized carbons (Fsp3) is 1.00. The van der Waals surface area contributed by atoms with Crippen LogP contribution in [0.4, 0.5) is 0 Å². The van der Waals surface area contributed by atoms with Crippen LogP contribution in [0.5, 0.6) is 0 Å². The average Bonchev–Trinajstić information content (AvgIpc) is 2.45. The van der Waals surface area contributed by atoms with Gasteiger partial charge in [0.05, 0.1) is 0 Å². The zero-order valence-corrected chi connectivity index (χ0v) is 6.06. The number of fused-ring (bicyclic) bond motifs is 2. The summed E-state index contributed by atoms with van der Waals surface area (Å²) in [7, 11) is 0. The van der Waals surface area contributed by atoms with E-state index in [4.69, 9.17) is 0 Å². The molecule has 1 unspecified atom stereocenters. The van der Waals surface area contributed by atoms with Crippen molar-refractivity contribution in [3.63, 3.8) is 0 Å². The third-order valence-corrected chi connectivity index (χ3v) is 3.03. The Labute approximate surface area is 56.8 Å². The van der Waals surface area contributed by atoms with Crippen LogP contribution in [0.1, 0.15) is 26.2 Å². The van der Waals surface area contributed by atoms with Crippen LogP contribution in [0.25, 0.3) is 0 Å². The highest BCUT2D eigenvalue weighted by Gasteiger charge is 2.37. The van der Waals surface area contributed by atoms with Crippen LogP contribution in [0, 0.1) is 11.8 Å². The van der Waals surface area contributed by atoms with Crippen molar-refractivity contribution >= 4 is 0 Å². The molecule has 0 aromatic rings. The number of hydrogen-bond acceptors (Lipinski definition) is 1. The Morgan fingerprint density at radius 1 is 1.44 bits per heavy atom. The smallest absolute Gasteiger partial charge is 0.00731 e. The highest BCUT2D eigenvalue weighted by molar-refractivity contribution is 4.94. The van der Waals surface area contributed by atoms with Gasteiger partial charge in [0.1, 0.15) is 0 Å². The summed E-state index contributed by atoms with van der Waals surface area (Å²) in [4.78, 5) is 0. The average molecular weight is 125 g/mol. The highest BCUT2D eigenvalue weighted by Crippen LogP contribution is 2.37. The maximum Gasteiger partial charge on any atom is 0.00731 e. The lowest BCUT2D eigenvalue weighted by molar-refractivity contribution is 0.342. The van der Waals surface area contributed by atoms with Gasteiger partial charge in [0.2, 0.25) is 0 Å². The van der Waals surface area contributed by atoms with Gasteiger partial charge in [-0.3, -0.25) is 0 Å². The predicted octanol–water partition coefficient (Wildman–Crippen LogP) is 1.39. The van der Waals surface area contributed by atoms with Gasteiger partial charge in [-0.1, -0.05) is 13.3 Å². The number of hydrogen-bond donors (Lipinski definition) is 1. The molecule has 1 heteroatoms. The van der Waals surface area contributed by atoms with Gasteiger partial charge in [-0.25, -0.2) is 0 Å².